The number of carboxylic acids is 1. The summed E-state index contributed by atoms with van der Waals surface area (Å²) in [5.41, 5.74) is 0. The second-order valence-corrected chi connectivity index (χ2v) is 13.5. The first kappa shape index (κ1) is 47.0. The fourth-order valence-corrected chi connectivity index (χ4v) is 4.53. The van der Waals surface area contributed by atoms with Crippen LogP contribution in [0.25, 0.3) is 0 Å². The number of carbonyl (C=O) groups is 3. The molecule has 0 aromatic heterocycles. The molecule has 0 saturated carbocycles. The van der Waals surface area contributed by atoms with Gasteiger partial charge in [-0.25, -0.2) is 4.79 Å². The minimum Gasteiger partial charge on any atom is -0.477 e. The van der Waals surface area contributed by atoms with Crippen molar-refractivity contribution >= 4 is 17.9 Å². The van der Waals surface area contributed by atoms with Gasteiger partial charge in [-0.15, -0.1) is 0 Å². The number of nitrogens with zero attached hydrogens (tertiary/aromatic N) is 1. The van der Waals surface area contributed by atoms with E-state index in [0.29, 0.717) is 17.4 Å². The van der Waals surface area contributed by atoms with Gasteiger partial charge in [-0.2, -0.15) is 0 Å². The van der Waals surface area contributed by atoms with Gasteiger partial charge in [0, 0.05) is 12.8 Å². The van der Waals surface area contributed by atoms with Crippen molar-refractivity contribution < 1.29 is 42.9 Å². The van der Waals surface area contributed by atoms with E-state index in [9.17, 15) is 19.5 Å². The number of carbonyl (C=O) groups excluding carboxylic acids is 2. The number of allylic oxidation sites excluding steroid dienone is 10. The zero-order valence-corrected chi connectivity index (χ0v) is 32.0. The van der Waals surface area contributed by atoms with E-state index in [1.807, 2.05) is 21.1 Å². The Balaban J connectivity index is 4.65. The van der Waals surface area contributed by atoms with Crippen LogP contribution < -0.4 is 0 Å². The zero-order valence-electron chi connectivity index (χ0n) is 32.0. The molecule has 0 heterocycles. The number of unbranched alkanes of at least 4 members (excludes halogenated alkanes) is 8. The molecule has 0 aliphatic carbocycles. The first-order chi connectivity index (χ1) is 24.1. The van der Waals surface area contributed by atoms with Crippen molar-refractivity contribution in [2.24, 2.45) is 0 Å². The van der Waals surface area contributed by atoms with Crippen LogP contribution >= 0.6 is 0 Å². The van der Waals surface area contributed by atoms with Gasteiger partial charge in [0.15, 0.2) is 6.10 Å². The monoisotopic (exact) mass is 705 g/mol. The molecule has 2 atom stereocenters. The second kappa shape index (κ2) is 33.2. The summed E-state index contributed by atoms with van der Waals surface area (Å²) < 4.78 is 22.5. The number of carboxylic acid groups (broad SMARTS) is 1. The molecule has 9 nitrogen and oxygen atoms in total. The summed E-state index contributed by atoms with van der Waals surface area (Å²) in [5, 5.41) is 9.58. The lowest BCUT2D eigenvalue weighted by atomic mass is 10.1. The number of rotatable bonds is 33. The topological polar surface area (TPSA) is 108 Å². The van der Waals surface area contributed by atoms with Gasteiger partial charge in [0.05, 0.1) is 34.4 Å². The fourth-order valence-electron chi connectivity index (χ4n) is 4.53. The smallest absolute Gasteiger partial charge is 0.361 e. The average Bonchev–Trinajstić information content (AvgIpc) is 3.06. The maximum Gasteiger partial charge on any atom is 0.361 e. The van der Waals surface area contributed by atoms with Crippen LogP contribution in [0.15, 0.2) is 60.8 Å². The number of hydrogen-bond donors (Lipinski definition) is 1. The molecule has 0 aliphatic rings. The van der Waals surface area contributed by atoms with Crippen LogP contribution in [-0.2, 0) is 33.3 Å². The van der Waals surface area contributed by atoms with Gasteiger partial charge < -0.3 is 28.5 Å². The highest BCUT2D eigenvalue weighted by atomic mass is 16.7. The molecule has 0 spiro atoms. The van der Waals surface area contributed by atoms with E-state index in [4.69, 9.17) is 18.9 Å². The second-order valence-electron chi connectivity index (χ2n) is 13.5. The minimum absolute atomic E-state index is 0.175. The molecule has 0 rings (SSSR count). The first-order valence-corrected chi connectivity index (χ1v) is 19.0. The summed E-state index contributed by atoms with van der Waals surface area (Å²) in [4.78, 5) is 36.8. The molecule has 0 saturated heterocycles. The third-order valence-electron chi connectivity index (χ3n) is 7.49. The van der Waals surface area contributed by atoms with E-state index in [0.717, 1.165) is 83.5 Å². The van der Waals surface area contributed by atoms with Gasteiger partial charge >= 0.3 is 17.9 Å². The van der Waals surface area contributed by atoms with Crippen LogP contribution in [0.5, 0.6) is 0 Å². The number of likely N-dealkylation sites (N-methyl/N-ethyl adjacent to an activating group) is 1. The van der Waals surface area contributed by atoms with Crippen LogP contribution in [-0.4, -0.2) is 87.4 Å². The van der Waals surface area contributed by atoms with E-state index in [1.54, 1.807) is 0 Å². The normalized spacial score (nSPS) is 13.7. The first-order valence-electron chi connectivity index (χ1n) is 19.0. The van der Waals surface area contributed by atoms with Gasteiger partial charge in [0.25, 0.3) is 6.29 Å². The average molecular weight is 705 g/mol. The Labute approximate surface area is 304 Å². The predicted octanol–water partition coefficient (Wildman–Crippen LogP) is 9.04. The Hall–Kier alpha value is -3.01. The summed E-state index contributed by atoms with van der Waals surface area (Å²) >= 11 is 0. The van der Waals surface area contributed by atoms with E-state index in [-0.39, 0.29) is 38.6 Å². The highest BCUT2D eigenvalue weighted by Gasteiger charge is 2.25. The van der Waals surface area contributed by atoms with Gasteiger partial charge in [-0.1, -0.05) is 100 Å². The molecule has 50 heavy (non-hydrogen) atoms. The van der Waals surface area contributed by atoms with Crippen molar-refractivity contribution in [3.05, 3.63) is 60.8 Å². The molecule has 1 N–H and O–H groups in total. The molecule has 0 aromatic rings. The number of quaternary nitrogens is 1. The Morgan fingerprint density at radius 3 is 1.76 bits per heavy atom. The summed E-state index contributed by atoms with van der Waals surface area (Å²) in [5.74, 6) is -2.09. The van der Waals surface area contributed by atoms with Gasteiger partial charge in [-0.3, -0.25) is 9.59 Å². The molecule has 9 heteroatoms. The molecule has 0 aliphatic heterocycles. The molecular weight excluding hydrogens is 634 g/mol. The SMILES string of the molecule is CC/C=C\C/C=C\C/C=C\C/C=C\CCCCC(=O)OC(COC(=O)CCCCCCC/C=C\CCC)COC(OCC[N+](C)(C)C)C(=O)O. The maximum atomic E-state index is 12.7. The lowest BCUT2D eigenvalue weighted by molar-refractivity contribution is -0.870. The lowest BCUT2D eigenvalue weighted by Gasteiger charge is -2.25. The molecule has 0 amide bonds. The summed E-state index contributed by atoms with van der Waals surface area (Å²) in [6.45, 7) is 4.59. The van der Waals surface area contributed by atoms with Crippen molar-refractivity contribution in [1.82, 2.24) is 0 Å². The molecule has 0 fully saturated rings. The van der Waals surface area contributed by atoms with E-state index in [2.05, 4.69) is 74.6 Å². The van der Waals surface area contributed by atoms with Crippen LogP contribution in [0.1, 0.15) is 123 Å². The molecule has 0 bridgehead atoms. The fraction of sp³-hybridized carbons (Fsp3) is 0.683. The van der Waals surface area contributed by atoms with Crippen molar-refractivity contribution in [3.63, 3.8) is 0 Å². The summed E-state index contributed by atoms with van der Waals surface area (Å²) in [6, 6.07) is 0. The van der Waals surface area contributed by atoms with Crippen molar-refractivity contribution in [2.75, 3.05) is 47.5 Å². The van der Waals surface area contributed by atoms with E-state index in [1.165, 1.54) is 6.42 Å². The molecule has 2 unspecified atom stereocenters. The Morgan fingerprint density at radius 1 is 0.620 bits per heavy atom. The largest absolute Gasteiger partial charge is 0.477 e. The summed E-state index contributed by atoms with van der Waals surface area (Å²) in [7, 11) is 5.92. The quantitative estimate of drug-likeness (QED) is 0.0237. The number of ether oxygens (including phenoxy) is 4. The Kier molecular flexibility index (Phi) is 31.2. The van der Waals surface area contributed by atoms with Crippen LogP contribution in [0.3, 0.4) is 0 Å². The van der Waals surface area contributed by atoms with Crippen molar-refractivity contribution in [3.8, 4) is 0 Å². The standard InChI is InChI=1S/C41H69NO8/c1-6-8-10-12-14-16-18-19-20-21-22-24-26-28-30-32-39(44)50-37(36-49-41(40(45)46)47-34-33-42(3,4)5)35-48-38(43)31-29-27-25-23-17-15-13-11-9-7-2/h8,10-11,13-14,16,19-20,22,24,37,41H,6-7,9,12,15,17-18,21,23,25-36H2,1-5H3/p+1/b10-8-,13-11-,16-14-,20-19-,24-22-. The Morgan fingerprint density at radius 2 is 1.14 bits per heavy atom. The third-order valence-corrected chi connectivity index (χ3v) is 7.49. The highest BCUT2D eigenvalue weighted by Crippen LogP contribution is 2.11. The van der Waals surface area contributed by atoms with E-state index < -0.39 is 24.3 Å². The molecular formula is C41H70NO8+. The molecule has 0 aromatic carbocycles. The van der Waals surface area contributed by atoms with Crippen LogP contribution in [0.4, 0.5) is 0 Å². The maximum absolute atomic E-state index is 12.7. The van der Waals surface area contributed by atoms with E-state index >= 15 is 0 Å². The van der Waals surface area contributed by atoms with Crippen LogP contribution in [0, 0.1) is 0 Å². The molecule has 0 radical (unpaired) electrons. The predicted molar refractivity (Wildman–Crippen MR) is 203 cm³/mol. The van der Waals surface area contributed by atoms with Crippen molar-refractivity contribution in [2.45, 2.75) is 135 Å². The van der Waals surface area contributed by atoms with Crippen LogP contribution in [0.2, 0.25) is 0 Å². The van der Waals surface area contributed by atoms with Gasteiger partial charge in [0.2, 0.25) is 0 Å². The van der Waals surface area contributed by atoms with Crippen molar-refractivity contribution in [1.29, 1.82) is 0 Å². The van der Waals surface area contributed by atoms with Gasteiger partial charge in [-0.05, 0) is 70.6 Å². The van der Waals surface area contributed by atoms with Gasteiger partial charge in [0.1, 0.15) is 13.2 Å². The number of aliphatic carboxylic acids is 1. The highest BCUT2D eigenvalue weighted by molar-refractivity contribution is 5.71. The number of hydrogen-bond acceptors (Lipinski definition) is 7. The summed E-state index contributed by atoms with van der Waals surface area (Å²) in [6.07, 6.45) is 34.3. The third kappa shape index (κ3) is 33.5. The lowest BCUT2D eigenvalue weighted by Crippen LogP contribution is -2.40. The minimum atomic E-state index is -1.52. The zero-order chi connectivity index (χ0) is 37.1. The Bertz CT molecular complexity index is 1010. The number of esters is 2. The molecule has 286 valence electrons.